The molecule has 0 aromatic heterocycles. The van der Waals surface area contributed by atoms with E-state index in [0.717, 1.165) is 25.7 Å². The summed E-state index contributed by atoms with van der Waals surface area (Å²) in [7, 11) is 0. The molecule has 0 amide bonds. The van der Waals surface area contributed by atoms with Gasteiger partial charge in [-0.05, 0) is 31.6 Å². The Morgan fingerprint density at radius 1 is 0.826 bits per heavy atom. The first-order valence-corrected chi connectivity index (χ1v) is 8.54. The molecule has 0 spiro atoms. The average Bonchev–Trinajstić information content (AvgIpc) is 2.46. The molecule has 134 valence electrons. The van der Waals surface area contributed by atoms with Gasteiger partial charge >= 0.3 is 11.9 Å². The Balaban J connectivity index is 0. The van der Waals surface area contributed by atoms with E-state index >= 15 is 0 Å². The summed E-state index contributed by atoms with van der Waals surface area (Å²) in [5.74, 6) is -1.07. The molecule has 2 N–H and O–H groups in total. The first-order valence-electron chi connectivity index (χ1n) is 8.54. The molecule has 0 unspecified atom stereocenters. The molecular weight excluding hydrogens is 292 g/mol. The lowest BCUT2D eigenvalue weighted by Crippen LogP contribution is -1.99. The van der Waals surface area contributed by atoms with Crippen molar-refractivity contribution >= 4 is 11.9 Å². The summed E-state index contributed by atoms with van der Waals surface area (Å²) < 4.78 is 0. The third-order valence-corrected chi connectivity index (χ3v) is 3.45. The fourth-order valence-electron chi connectivity index (χ4n) is 1.88. The molecule has 0 atom stereocenters. The smallest absolute Gasteiger partial charge is 0.330 e. The van der Waals surface area contributed by atoms with E-state index in [4.69, 9.17) is 10.2 Å². The molecule has 4 heteroatoms. The van der Waals surface area contributed by atoms with Crippen molar-refractivity contribution in [3.8, 4) is 0 Å². The normalized spacial score (nSPS) is 9.91. The van der Waals surface area contributed by atoms with E-state index in [1.54, 1.807) is 0 Å². The summed E-state index contributed by atoms with van der Waals surface area (Å²) in [5.41, 5.74) is 0.664. The predicted octanol–water partition coefficient (Wildman–Crippen LogP) is 5.44. The lowest BCUT2D eigenvalue weighted by atomic mass is 10.0. The van der Waals surface area contributed by atoms with Crippen molar-refractivity contribution in [2.24, 2.45) is 5.92 Å². The minimum absolute atomic E-state index is 0.325. The minimum atomic E-state index is -0.867. The van der Waals surface area contributed by atoms with Crippen LogP contribution in [0.25, 0.3) is 0 Å². The van der Waals surface area contributed by atoms with Gasteiger partial charge in [-0.15, -0.1) is 0 Å². The van der Waals surface area contributed by atoms with Crippen LogP contribution >= 0.6 is 0 Å². The van der Waals surface area contributed by atoms with E-state index in [-0.39, 0.29) is 0 Å². The van der Waals surface area contributed by atoms with Gasteiger partial charge in [0.1, 0.15) is 0 Å². The van der Waals surface area contributed by atoms with E-state index in [2.05, 4.69) is 33.9 Å². The summed E-state index contributed by atoms with van der Waals surface area (Å²) in [4.78, 5) is 20.6. The lowest BCUT2D eigenvalue weighted by Gasteiger charge is -2.03. The molecule has 4 nitrogen and oxygen atoms in total. The molecule has 0 aliphatic heterocycles. The highest BCUT2D eigenvalue weighted by molar-refractivity contribution is 5.85. The van der Waals surface area contributed by atoms with Crippen LogP contribution < -0.4 is 0 Å². The van der Waals surface area contributed by atoms with Gasteiger partial charge in [0, 0.05) is 11.1 Å². The second-order valence-corrected chi connectivity index (χ2v) is 6.27. The van der Waals surface area contributed by atoms with Crippen LogP contribution in [-0.2, 0) is 9.59 Å². The van der Waals surface area contributed by atoms with Crippen molar-refractivity contribution in [1.29, 1.82) is 0 Å². The Bertz CT molecular complexity index is 370. The van der Waals surface area contributed by atoms with Gasteiger partial charge in [-0.2, -0.15) is 0 Å². The molecule has 0 bridgehead atoms. The van der Waals surface area contributed by atoms with Gasteiger partial charge in [-0.3, -0.25) is 0 Å². The van der Waals surface area contributed by atoms with E-state index in [0.29, 0.717) is 29.9 Å². The van der Waals surface area contributed by atoms with Crippen molar-refractivity contribution in [2.45, 2.75) is 78.6 Å². The summed E-state index contributed by atoms with van der Waals surface area (Å²) in [6, 6.07) is 0. The van der Waals surface area contributed by atoms with E-state index < -0.39 is 11.9 Å². The van der Waals surface area contributed by atoms with Gasteiger partial charge in [0.25, 0.3) is 0 Å². The van der Waals surface area contributed by atoms with E-state index in [1.807, 2.05) is 0 Å². The Labute approximate surface area is 141 Å². The Morgan fingerprint density at radius 2 is 1.26 bits per heavy atom. The maximum Gasteiger partial charge on any atom is 0.330 e. The van der Waals surface area contributed by atoms with E-state index in [1.165, 1.54) is 19.3 Å². The highest BCUT2D eigenvalue weighted by Crippen LogP contribution is 2.10. The van der Waals surface area contributed by atoms with Crippen molar-refractivity contribution in [2.75, 3.05) is 0 Å². The second-order valence-electron chi connectivity index (χ2n) is 6.27. The second kappa shape index (κ2) is 15.3. The monoisotopic (exact) mass is 326 g/mol. The topological polar surface area (TPSA) is 74.6 Å². The summed E-state index contributed by atoms with van der Waals surface area (Å²) in [6.07, 6.45) is 9.04. The van der Waals surface area contributed by atoms with Gasteiger partial charge in [0.15, 0.2) is 0 Å². The fourth-order valence-corrected chi connectivity index (χ4v) is 1.88. The largest absolute Gasteiger partial charge is 0.478 e. The number of carbonyl (C=O) groups is 2. The number of hydrogen-bond donors (Lipinski definition) is 2. The molecule has 0 fully saturated rings. The maximum atomic E-state index is 10.3. The lowest BCUT2D eigenvalue weighted by molar-refractivity contribution is -0.133. The Morgan fingerprint density at radius 3 is 1.65 bits per heavy atom. The number of unbranched alkanes of at least 4 members (excludes halogenated alkanes) is 4. The van der Waals surface area contributed by atoms with Crippen LogP contribution in [0.2, 0.25) is 0 Å². The Hall–Kier alpha value is -1.58. The van der Waals surface area contributed by atoms with Gasteiger partial charge in [0.05, 0.1) is 0 Å². The molecule has 0 aliphatic rings. The molecule has 0 radical (unpaired) electrons. The summed E-state index contributed by atoms with van der Waals surface area (Å²) >= 11 is 0. The third-order valence-electron chi connectivity index (χ3n) is 3.45. The van der Waals surface area contributed by atoms with Gasteiger partial charge in [-0.25, -0.2) is 9.59 Å². The van der Waals surface area contributed by atoms with Gasteiger partial charge in [0.2, 0.25) is 0 Å². The SMILES string of the molecule is C=C(CCCC(C)C)C(=O)O.C=C(CCCCCCC)C(=O)O. The molecule has 23 heavy (non-hydrogen) atoms. The fraction of sp³-hybridized carbons (Fsp3) is 0.684. The van der Waals surface area contributed by atoms with Crippen LogP contribution in [0.1, 0.15) is 78.6 Å². The third kappa shape index (κ3) is 18.4. The van der Waals surface area contributed by atoms with Crippen LogP contribution in [-0.4, -0.2) is 22.2 Å². The van der Waals surface area contributed by atoms with Crippen LogP contribution in [0.15, 0.2) is 24.3 Å². The summed E-state index contributed by atoms with van der Waals surface area (Å²) in [6.45, 7) is 13.3. The molecule has 0 saturated carbocycles. The van der Waals surface area contributed by atoms with Crippen molar-refractivity contribution in [3.05, 3.63) is 24.3 Å². The zero-order valence-electron chi connectivity index (χ0n) is 15.1. The minimum Gasteiger partial charge on any atom is -0.478 e. The molecule has 0 aliphatic carbocycles. The van der Waals surface area contributed by atoms with Crippen molar-refractivity contribution in [3.63, 3.8) is 0 Å². The highest BCUT2D eigenvalue weighted by Gasteiger charge is 2.03. The van der Waals surface area contributed by atoms with Gasteiger partial charge < -0.3 is 10.2 Å². The van der Waals surface area contributed by atoms with Crippen molar-refractivity contribution < 1.29 is 19.8 Å². The van der Waals surface area contributed by atoms with Crippen LogP contribution in [0.4, 0.5) is 0 Å². The molecule has 0 aromatic rings. The predicted molar refractivity (Wildman–Crippen MR) is 95.6 cm³/mol. The van der Waals surface area contributed by atoms with Gasteiger partial charge in [-0.1, -0.05) is 66.0 Å². The first kappa shape index (κ1) is 23.7. The standard InChI is InChI=1S/C10H18O2.C9H16O2/c1-3-4-5-6-7-8-9(2)10(11)12;1-7(2)5-4-6-8(3)9(10)11/h2-8H2,1H3,(H,11,12);7H,3-6H2,1-2H3,(H,10,11). The maximum absolute atomic E-state index is 10.3. The van der Waals surface area contributed by atoms with Crippen LogP contribution in [0, 0.1) is 5.92 Å². The molecular formula is C19H34O4. The highest BCUT2D eigenvalue weighted by atomic mass is 16.4. The molecule has 0 heterocycles. The number of carboxylic acids is 2. The number of carboxylic acid groups (broad SMARTS) is 2. The zero-order chi connectivity index (χ0) is 18.3. The first-order chi connectivity index (χ1) is 10.7. The number of hydrogen-bond acceptors (Lipinski definition) is 2. The number of rotatable bonds is 12. The summed E-state index contributed by atoms with van der Waals surface area (Å²) in [5, 5.41) is 16.9. The average molecular weight is 326 g/mol. The molecule has 0 rings (SSSR count). The molecule has 0 saturated heterocycles. The van der Waals surface area contributed by atoms with Crippen LogP contribution in [0.5, 0.6) is 0 Å². The Kier molecular flexibility index (Phi) is 15.8. The zero-order valence-corrected chi connectivity index (χ0v) is 15.1. The number of aliphatic carboxylic acids is 2. The van der Waals surface area contributed by atoms with Crippen molar-refractivity contribution in [1.82, 2.24) is 0 Å². The molecule has 0 aromatic carbocycles. The quantitative estimate of drug-likeness (QED) is 0.370. The van der Waals surface area contributed by atoms with Crippen LogP contribution in [0.3, 0.4) is 0 Å². The van der Waals surface area contributed by atoms with E-state index in [9.17, 15) is 9.59 Å².